The van der Waals surface area contributed by atoms with Crippen molar-refractivity contribution < 1.29 is 22.7 Å². The molecule has 1 aromatic heterocycles. The zero-order valence-electron chi connectivity index (χ0n) is 18.6. The predicted molar refractivity (Wildman–Crippen MR) is 115 cm³/mol. The van der Waals surface area contributed by atoms with Gasteiger partial charge in [-0.1, -0.05) is 19.4 Å². The Kier molecular flexibility index (Phi) is 8.17. The number of hydrogen-bond acceptors (Lipinski definition) is 4. The average Bonchev–Trinajstić information content (AvgIpc) is 3.16. The Labute approximate surface area is 186 Å². The summed E-state index contributed by atoms with van der Waals surface area (Å²) in [6, 6.07) is 4.91. The molecule has 0 saturated carbocycles. The third-order valence-electron chi connectivity index (χ3n) is 5.75. The lowest BCUT2D eigenvalue weighted by molar-refractivity contribution is -0.137. The van der Waals surface area contributed by atoms with Gasteiger partial charge in [0.2, 0.25) is 5.91 Å². The van der Waals surface area contributed by atoms with Crippen LogP contribution in [0.2, 0.25) is 0 Å². The van der Waals surface area contributed by atoms with Crippen LogP contribution < -0.4 is 10.1 Å². The Morgan fingerprint density at radius 3 is 2.81 bits per heavy atom. The number of unbranched alkanes of at least 4 members (excludes halogenated alkanes) is 1. The number of benzene rings is 1. The van der Waals surface area contributed by atoms with Crippen molar-refractivity contribution in [2.24, 2.45) is 18.9 Å². The summed E-state index contributed by atoms with van der Waals surface area (Å²) in [5, 5.41) is 3.01. The van der Waals surface area contributed by atoms with Crippen molar-refractivity contribution in [3.8, 4) is 5.75 Å². The molecule has 9 heteroatoms. The lowest BCUT2D eigenvalue weighted by Crippen LogP contribution is -2.47. The summed E-state index contributed by atoms with van der Waals surface area (Å²) in [5.41, 5.74) is -0.733. The number of amides is 1. The molecule has 0 spiro atoms. The molecule has 1 fully saturated rings. The third-order valence-corrected chi connectivity index (χ3v) is 5.75. The van der Waals surface area contributed by atoms with E-state index in [-0.39, 0.29) is 30.1 Å². The van der Waals surface area contributed by atoms with E-state index in [1.165, 1.54) is 12.1 Å². The van der Waals surface area contributed by atoms with Crippen LogP contribution in [0.15, 0.2) is 36.7 Å². The van der Waals surface area contributed by atoms with Crippen LogP contribution in [-0.4, -0.2) is 46.6 Å². The Morgan fingerprint density at radius 2 is 2.12 bits per heavy atom. The van der Waals surface area contributed by atoms with Crippen molar-refractivity contribution in [2.45, 2.75) is 38.9 Å². The van der Waals surface area contributed by atoms with E-state index in [0.717, 1.165) is 30.8 Å². The maximum Gasteiger partial charge on any atom is 0.416 e. The molecular weight excluding hydrogens is 421 g/mol. The van der Waals surface area contributed by atoms with Gasteiger partial charge in [-0.25, -0.2) is 4.98 Å². The van der Waals surface area contributed by atoms with E-state index in [1.54, 1.807) is 6.20 Å². The van der Waals surface area contributed by atoms with Gasteiger partial charge in [-0.2, -0.15) is 13.2 Å². The van der Waals surface area contributed by atoms with Crippen molar-refractivity contribution in [2.75, 3.05) is 26.2 Å². The second-order valence-corrected chi connectivity index (χ2v) is 8.43. The smallest absolute Gasteiger partial charge is 0.416 e. The molecule has 2 heterocycles. The topological polar surface area (TPSA) is 59.4 Å². The number of ether oxygens (including phenoxy) is 1. The van der Waals surface area contributed by atoms with E-state index in [0.29, 0.717) is 32.6 Å². The first kappa shape index (κ1) is 24.1. The second kappa shape index (κ2) is 10.8. The summed E-state index contributed by atoms with van der Waals surface area (Å²) in [4.78, 5) is 19.3. The SMILES string of the molecule is CCCCNC(=O)[C@@H]1C[C@H](COc2cccc(C(F)(F)F)c2)CN(Cc2nccn2C)C1. The van der Waals surface area contributed by atoms with Gasteiger partial charge < -0.3 is 14.6 Å². The fourth-order valence-electron chi connectivity index (χ4n) is 4.00. The third kappa shape index (κ3) is 6.72. The van der Waals surface area contributed by atoms with E-state index in [1.807, 2.05) is 17.8 Å². The molecule has 6 nitrogen and oxygen atoms in total. The molecule has 1 amide bonds. The van der Waals surface area contributed by atoms with Gasteiger partial charge in [-0.15, -0.1) is 0 Å². The lowest BCUT2D eigenvalue weighted by Gasteiger charge is -2.37. The maximum absolute atomic E-state index is 13.0. The van der Waals surface area contributed by atoms with Crippen LogP contribution in [0.3, 0.4) is 0 Å². The van der Waals surface area contributed by atoms with Crippen LogP contribution in [0.5, 0.6) is 5.75 Å². The highest BCUT2D eigenvalue weighted by Crippen LogP contribution is 2.32. The number of imidazole rings is 1. The summed E-state index contributed by atoms with van der Waals surface area (Å²) < 4.78 is 46.6. The van der Waals surface area contributed by atoms with E-state index in [9.17, 15) is 18.0 Å². The molecule has 32 heavy (non-hydrogen) atoms. The monoisotopic (exact) mass is 452 g/mol. The summed E-state index contributed by atoms with van der Waals surface area (Å²) in [5.74, 6) is 0.920. The first-order chi connectivity index (χ1) is 15.3. The number of carbonyl (C=O) groups is 1. The Morgan fingerprint density at radius 1 is 1.31 bits per heavy atom. The molecule has 0 bridgehead atoms. The molecular formula is C23H31F3N4O2. The van der Waals surface area contributed by atoms with Crippen LogP contribution in [0, 0.1) is 11.8 Å². The zero-order chi connectivity index (χ0) is 23.1. The van der Waals surface area contributed by atoms with Gasteiger partial charge in [0, 0.05) is 45.0 Å². The fraction of sp³-hybridized carbons (Fsp3) is 0.565. The minimum atomic E-state index is -4.41. The van der Waals surface area contributed by atoms with Crippen LogP contribution in [0.1, 0.15) is 37.6 Å². The van der Waals surface area contributed by atoms with Crippen molar-refractivity contribution in [1.29, 1.82) is 0 Å². The Hall–Kier alpha value is -2.55. The number of aromatic nitrogens is 2. The minimum Gasteiger partial charge on any atom is -0.493 e. The van der Waals surface area contributed by atoms with Crippen molar-refractivity contribution in [3.63, 3.8) is 0 Å². The number of alkyl halides is 3. The molecule has 0 aliphatic carbocycles. The summed E-state index contributed by atoms with van der Waals surface area (Å²) >= 11 is 0. The molecule has 0 radical (unpaired) electrons. The molecule has 2 atom stereocenters. The van der Waals surface area contributed by atoms with E-state index in [4.69, 9.17) is 4.74 Å². The van der Waals surface area contributed by atoms with Crippen LogP contribution in [0.25, 0.3) is 0 Å². The number of carbonyl (C=O) groups excluding carboxylic acids is 1. The van der Waals surface area contributed by atoms with Gasteiger partial charge in [0.25, 0.3) is 0 Å². The number of piperidine rings is 1. The molecule has 0 unspecified atom stereocenters. The zero-order valence-corrected chi connectivity index (χ0v) is 18.6. The maximum atomic E-state index is 13.0. The fourth-order valence-corrected chi connectivity index (χ4v) is 4.00. The molecule has 1 aromatic carbocycles. The highest BCUT2D eigenvalue weighted by atomic mass is 19.4. The van der Waals surface area contributed by atoms with Crippen molar-refractivity contribution >= 4 is 5.91 Å². The number of rotatable bonds is 9. The molecule has 1 N–H and O–H groups in total. The number of likely N-dealkylation sites (tertiary alicyclic amines) is 1. The highest BCUT2D eigenvalue weighted by molar-refractivity contribution is 5.79. The van der Waals surface area contributed by atoms with Gasteiger partial charge in [0.1, 0.15) is 11.6 Å². The van der Waals surface area contributed by atoms with Gasteiger partial charge in [0.15, 0.2) is 0 Å². The normalized spacial score (nSPS) is 19.7. The summed E-state index contributed by atoms with van der Waals surface area (Å²) in [7, 11) is 1.93. The summed E-state index contributed by atoms with van der Waals surface area (Å²) in [6.45, 7) is 4.87. The minimum absolute atomic E-state index is 0.0143. The quantitative estimate of drug-likeness (QED) is 0.587. The van der Waals surface area contributed by atoms with Gasteiger partial charge in [-0.3, -0.25) is 9.69 Å². The molecule has 2 aromatic rings. The lowest BCUT2D eigenvalue weighted by atomic mass is 9.89. The van der Waals surface area contributed by atoms with Crippen LogP contribution in [0.4, 0.5) is 13.2 Å². The van der Waals surface area contributed by atoms with Crippen LogP contribution >= 0.6 is 0 Å². The Bertz CT molecular complexity index is 884. The standard InChI is InChI=1S/C23H31F3N4O2/c1-3-4-8-28-22(31)18-11-17(13-30(14-18)15-21-27-9-10-29(21)2)16-32-20-7-5-6-19(12-20)23(24,25)26/h5-7,9-10,12,17-18H,3-4,8,11,13-16H2,1-2H3,(H,28,31)/t17-,18+/m0/s1. The van der Waals surface area contributed by atoms with Crippen molar-refractivity contribution in [1.82, 2.24) is 19.8 Å². The van der Waals surface area contributed by atoms with Crippen LogP contribution in [-0.2, 0) is 24.6 Å². The molecule has 176 valence electrons. The van der Waals surface area contributed by atoms with Gasteiger partial charge in [-0.05, 0) is 31.0 Å². The number of nitrogens with zero attached hydrogens (tertiary/aromatic N) is 3. The largest absolute Gasteiger partial charge is 0.493 e. The predicted octanol–water partition coefficient (Wildman–Crippen LogP) is 3.87. The average molecular weight is 453 g/mol. The van der Waals surface area contributed by atoms with Gasteiger partial charge in [0.05, 0.1) is 24.6 Å². The summed E-state index contributed by atoms with van der Waals surface area (Å²) in [6.07, 6.45) is 1.77. The second-order valence-electron chi connectivity index (χ2n) is 8.43. The molecule has 1 saturated heterocycles. The number of halogens is 3. The van der Waals surface area contributed by atoms with Gasteiger partial charge >= 0.3 is 6.18 Å². The van der Waals surface area contributed by atoms with E-state index >= 15 is 0 Å². The Balaban J connectivity index is 1.66. The van der Waals surface area contributed by atoms with E-state index in [2.05, 4.69) is 22.1 Å². The van der Waals surface area contributed by atoms with E-state index < -0.39 is 11.7 Å². The number of hydrogen-bond donors (Lipinski definition) is 1. The number of nitrogens with one attached hydrogen (secondary N) is 1. The van der Waals surface area contributed by atoms with Crippen molar-refractivity contribution in [3.05, 3.63) is 48.0 Å². The highest BCUT2D eigenvalue weighted by Gasteiger charge is 2.33. The first-order valence-electron chi connectivity index (χ1n) is 11.0. The molecule has 3 rings (SSSR count). The number of aryl methyl sites for hydroxylation is 1. The first-order valence-corrected chi connectivity index (χ1v) is 11.0. The molecule has 1 aliphatic rings. The molecule has 1 aliphatic heterocycles.